The van der Waals surface area contributed by atoms with Crippen LogP contribution in [0.4, 0.5) is 10.2 Å². The fraction of sp³-hybridized carbons (Fsp3) is 0.429. The zero-order valence-corrected chi connectivity index (χ0v) is 15.7. The van der Waals surface area contributed by atoms with E-state index in [1.54, 1.807) is 18.2 Å². The summed E-state index contributed by atoms with van der Waals surface area (Å²) in [5, 5.41) is 0. The third-order valence-electron chi connectivity index (χ3n) is 5.14. The molecule has 3 rings (SSSR count). The van der Waals surface area contributed by atoms with Gasteiger partial charge in [0.05, 0.1) is 12.8 Å². The summed E-state index contributed by atoms with van der Waals surface area (Å²) in [6.45, 7) is 4.43. The number of ether oxygens (including phenoxy) is 1. The second kappa shape index (κ2) is 8.84. The van der Waals surface area contributed by atoms with Crippen LogP contribution in [0.25, 0.3) is 0 Å². The van der Waals surface area contributed by atoms with Crippen LogP contribution in [-0.2, 0) is 0 Å². The number of carbonyl (C=O) groups excluding carboxylic acids is 1. The van der Waals surface area contributed by atoms with Crippen LogP contribution in [0, 0.1) is 18.7 Å². The quantitative estimate of drug-likeness (QED) is 0.754. The van der Waals surface area contributed by atoms with E-state index in [1.165, 1.54) is 12.3 Å². The topological polar surface area (TPSA) is 68.4 Å². The van der Waals surface area contributed by atoms with Gasteiger partial charge in [-0.2, -0.15) is 0 Å². The van der Waals surface area contributed by atoms with Crippen LogP contribution < -0.4 is 15.4 Å². The predicted octanol–water partition coefficient (Wildman–Crippen LogP) is 3.70. The Hall–Kier alpha value is -2.63. The molecule has 0 bridgehead atoms. The summed E-state index contributed by atoms with van der Waals surface area (Å²) in [6, 6.07) is 8.57. The minimum atomic E-state index is -0.416. The summed E-state index contributed by atoms with van der Waals surface area (Å²) >= 11 is 0. The highest BCUT2D eigenvalue weighted by Gasteiger charge is 2.20. The van der Waals surface area contributed by atoms with Gasteiger partial charge in [-0.1, -0.05) is 0 Å². The van der Waals surface area contributed by atoms with E-state index >= 15 is 0 Å². The summed E-state index contributed by atoms with van der Waals surface area (Å²) in [4.78, 5) is 17.6. The molecule has 1 aromatic heterocycles. The first-order chi connectivity index (χ1) is 13.0. The van der Waals surface area contributed by atoms with Gasteiger partial charge >= 0.3 is 0 Å². The van der Waals surface area contributed by atoms with Gasteiger partial charge in [0.1, 0.15) is 17.4 Å². The molecule has 1 fully saturated rings. The number of aromatic nitrogens is 1. The zero-order valence-electron chi connectivity index (χ0n) is 15.7. The maximum absolute atomic E-state index is 13.0. The molecule has 1 amide bonds. The highest BCUT2D eigenvalue weighted by molar-refractivity contribution is 5.94. The maximum Gasteiger partial charge on any atom is 0.248 e. The first-order valence-corrected chi connectivity index (χ1v) is 9.42. The van der Waals surface area contributed by atoms with Crippen LogP contribution >= 0.6 is 0 Å². The monoisotopic (exact) mass is 371 g/mol. The number of piperidine rings is 1. The van der Waals surface area contributed by atoms with E-state index in [9.17, 15) is 9.18 Å². The second-order valence-electron chi connectivity index (χ2n) is 7.10. The van der Waals surface area contributed by atoms with E-state index in [2.05, 4.69) is 9.88 Å². The number of primary amides is 1. The molecule has 0 spiro atoms. The van der Waals surface area contributed by atoms with Crippen molar-refractivity contribution in [3.63, 3.8) is 0 Å². The molecule has 144 valence electrons. The number of halogens is 1. The molecule has 1 aliphatic heterocycles. The minimum absolute atomic E-state index is 0.298. The summed E-state index contributed by atoms with van der Waals surface area (Å²) in [5.41, 5.74) is 6.69. The lowest BCUT2D eigenvalue weighted by Gasteiger charge is -2.32. The molecule has 0 atom stereocenters. The lowest BCUT2D eigenvalue weighted by Crippen LogP contribution is -2.34. The van der Waals surface area contributed by atoms with Gasteiger partial charge in [-0.3, -0.25) is 4.79 Å². The molecule has 1 aromatic carbocycles. The molecule has 2 heterocycles. The number of nitrogens with two attached hydrogens (primary N) is 1. The van der Waals surface area contributed by atoms with Crippen LogP contribution in [0.2, 0.25) is 0 Å². The van der Waals surface area contributed by atoms with Gasteiger partial charge in [0.2, 0.25) is 5.91 Å². The molecule has 0 aliphatic carbocycles. The molecule has 6 heteroatoms. The number of pyridine rings is 1. The first kappa shape index (κ1) is 19.1. The predicted molar refractivity (Wildman–Crippen MR) is 104 cm³/mol. The molecule has 1 saturated heterocycles. The van der Waals surface area contributed by atoms with Crippen LogP contribution in [-0.4, -0.2) is 30.6 Å². The zero-order chi connectivity index (χ0) is 19.2. The Morgan fingerprint density at radius 3 is 2.70 bits per heavy atom. The van der Waals surface area contributed by atoms with Crippen LogP contribution in [0.3, 0.4) is 0 Å². The lowest BCUT2D eigenvalue weighted by molar-refractivity contribution is 0.0999. The number of carbonyl (C=O) groups is 1. The van der Waals surface area contributed by atoms with Crippen molar-refractivity contribution in [3.8, 4) is 5.75 Å². The lowest BCUT2D eigenvalue weighted by atomic mass is 9.92. The average Bonchev–Trinajstić information content (AvgIpc) is 2.66. The highest BCUT2D eigenvalue weighted by atomic mass is 19.1. The maximum atomic E-state index is 13.0. The van der Waals surface area contributed by atoms with Crippen molar-refractivity contribution in [1.29, 1.82) is 0 Å². The first-order valence-electron chi connectivity index (χ1n) is 9.42. The van der Waals surface area contributed by atoms with Gasteiger partial charge in [-0.05, 0) is 74.4 Å². The number of aryl methyl sites for hydroxylation is 1. The van der Waals surface area contributed by atoms with Crippen molar-refractivity contribution in [1.82, 2.24) is 4.98 Å². The standard InChI is InChI=1S/C21H26FN3O2/c1-15-13-18(5-6-19(15)21(23)26)27-12-2-3-16-8-10-25(11-9-16)20-7-4-17(22)14-24-20/h4-7,13-14,16H,2-3,8-12H2,1H3,(H2,23,26). The Labute approximate surface area is 159 Å². The number of rotatable bonds is 7. The largest absolute Gasteiger partial charge is 0.494 e. The summed E-state index contributed by atoms with van der Waals surface area (Å²) in [5.74, 6) is 1.60. The summed E-state index contributed by atoms with van der Waals surface area (Å²) in [6.07, 6.45) is 5.63. The number of anilines is 1. The van der Waals surface area contributed by atoms with Crippen molar-refractivity contribution in [3.05, 3.63) is 53.5 Å². The van der Waals surface area contributed by atoms with Gasteiger partial charge in [-0.25, -0.2) is 9.37 Å². The summed E-state index contributed by atoms with van der Waals surface area (Å²) < 4.78 is 18.8. The third-order valence-corrected chi connectivity index (χ3v) is 5.14. The van der Waals surface area contributed by atoms with Crippen LogP contribution in [0.5, 0.6) is 5.75 Å². The molecule has 2 aromatic rings. The Morgan fingerprint density at radius 1 is 1.30 bits per heavy atom. The number of hydrogen-bond donors (Lipinski definition) is 1. The van der Waals surface area contributed by atoms with Crippen molar-refractivity contribution in [2.45, 2.75) is 32.6 Å². The SMILES string of the molecule is Cc1cc(OCCCC2CCN(c3ccc(F)cn3)CC2)ccc1C(N)=O. The second-order valence-corrected chi connectivity index (χ2v) is 7.10. The molecule has 1 aliphatic rings. The van der Waals surface area contributed by atoms with E-state index in [0.717, 1.165) is 55.9 Å². The molecule has 0 unspecified atom stereocenters. The molecular formula is C21H26FN3O2. The van der Waals surface area contributed by atoms with E-state index in [4.69, 9.17) is 10.5 Å². The van der Waals surface area contributed by atoms with Crippen molar-refractivity contribution in [2.24, 2.45) is 11.7 Å². The van der Waals surface area contributed by atoms with E-state index in [0.29, 0.717) is 18.1 Å². The van der Waals surface area contributed by atoms with Gasteiger partial charge in [-0.15, -0.1) is 0 Å². The Morgan fingerprint density at radius 2 is 2.07 bits per heavy atom. The van der Waals surface area contributed by atoms with Crippen LogP contribution in [0.1, 0.15) is 41.6 Å². The van der Waals surface area contributed by atoms with Crippen LogP contribution in [0.15, 0.2) is 36.5 Å². The molecule has 5 nitrogen and oxygen atoms in total. The minimum Gasteiger partial charge on any atom is -0.494 e. The normalized spacial score (nSPS) is 15.0. The van der Waals surface area contributed by atoms with Crippen molar-refractivity contribution >= 4 is 11.7 Å². The Balaban J connectivity index is 1.37. The van der Waals surface area contributed by atoms with E-state index in [-0.39, 0.29) is 5.82 Å². The van der Waals surface area contributed by atoms with Gasteiger partial charge < -0.3 is 15.4 Å². The van der Waals surface area contributed by atoms with Crippen molar-refractivity contribution in [2.75, 3.05) is 24.6 Å². The molecular weight excluding hydrogens is 345 g/mol. The number of benzene rings is 1. The molecule has 0 radical (unpaired) electrons. The van der Waals surface area contributed by atoms with Crippen molar-refractivity contribution < 1.29 is 13.9 Å². The number of nitrogens with zero attached hydrogens (tertiary/aromatic N) is 2. The third kappa shape index (κ3) is 5.18. The van der Waals surface area contributed by atoms with E-state index < -0.39 is 5.91 Å². The molecule has 0 saturated carbocycles. The van der Waals surface area contributed by atoms with Gasteiger partial charge in [0, 0.05) is 18.7 Å². The highest BCUT2D eigenvalue weighted by Crippen LogP contribution is 2.25. The van der Waals surface area contributed by atoms with Gasteiger partial charge in [0.15, 0.2) is 0 Å². The number of amides is 1. The number of hydrogen-bond acceptors (Lipinski definition) is 4. The molecule has 27 heavy (non-hydrogen) atoms. The summed E-state index contributed by atoms with van der Waals surface area (Å²) in [7, 11) is 0. The Bertz CT molecular complexity index is 771. The smallest absolute Gasteiger partial charge is 0.248 e. The Kier molecular flexibility index (Phi) is 6.27. The van der Waals surface area contributed by atoms with E-state index in [1.807, 2.05) is 13.0 Å². The fourth-order valence-corrected chi connectivity index (χ4v) is 3.57. The average molecular weight is 371 g/mol. The fourth-order valence-electron chi connectivity index (χ4n) is 3.57. The van der Waals surface area contributed by atoms with Gasteiger partial charge in [0.25, 0.3) is 0 Å². The molecule has 2 N–H and O–H groups in total.